The maximum Gasteiger partial charge on any atom is 0.270 e. The van der Waals surface area contributed by atoms with Crippen molar-refractivity contribution in [2.75, 3.05) is 19.7 Å². The fourth-order valence-electron chi connectivity index (χ4n) is 1.95. The molecule has 0 spiro atoms. The first kappa shape index (κ1) is 14.2. The van der Waals surface area contributed by atoms with Crippen molar-refractivity contribution in [3.8, 4) is 5.75 Å². The van der Waals surface area contributed by atoms with Crippen LogP contribution in [-0.2, 0) is 0 Å². The van der Waals surface area contributed by atoms with Crippen LogP contribution in [0.4, 0.5) is 5.69 Å². The van der Waals surface area contributed by atoms with Crippen molar-refractivity contribution in [2.45, 2.75) is 13.8 Å². The van der Waals surface area contributed by atoms with Gasteiger partial charge in [0.2, 0.25) is 0 Å². The van der Waals surface area contributed by atoms with E-state index in [1.54, 1.807) is 12.1 Å². The molecule has 0 saturated heterocycles. The molecule has 6 heteroatoms. The number of likely N-dealkylation sites (N-methyl/N-ethyl adjacent to an activating group) is 1. The lowest BCUT2D eigenvalue weighted by molar-refractivity contribution is -0.384. The zero-order valence-corrected chi connectivity index (χ0v) is 11.5. The molecule has 0 bridgehead atoms. The summed E-state index contributed by atoms with van der Waals surface area (Å²) in [5.41, 5.74) is 1.57. The number of rotatable bonds is 6. The Labute approximate surface area is 116 Å². The van der Waals surface area contributed by atoms with Crippen LogP contribution in [0.15, 0.2) is 24.3 Å². The number of nitro groups is 1. The molecule has 1 aromatic heterocycles. The Morgan fingerprint density at radius 1 is 1.40 bits per heavy atom. The molecular weight excluding hydrogens is 258 g/mol. The Bertz CT molecular complexity index is 628. The monoisotopic (exact) mass is 275 g/mol. The van der Waals surface area contributed by atoms with Gasteiger partial charge in [0, 0.05) is 35.8 Å². The van der Waals surface area contributed by atoms with Crippen molar-refractivity contribution >= 4 is 16.6 Å². The lowest BCUT2D eigenvalue weighted by atomic mass is 10.1. The summed E-state index contributed by atoms with van der Waals surface area (Å²) < 4.78 is 5.71. The van der Waals surface area contributed by atoms with E-state index < -0.39 is 4.92 Å². The lowest BCUT2D eigenvalue weighted by Gasteiger charge is -2.10. The number of fused-ring (bicyclic) bond motifs is 1. The highest BCUT2D eigenvalue weighted by Crippen LogP contribution is 2.28. The Morgan fingerprint density at radius 2 is 2.20 bits per heavy atom. The van der Waals surface area contributed by atoms with Crippen molar-refractivity contribution in [1.82, 2.24) is 10.3 Å². The van der Waals surface area contributed by atoms with Gasteiger partial charge in [-0.25, -0.2) is 0 Å². The molecule has 20 heavy (non-hydrogen) atoms. The summed E-state index contributed by atoms with van der Waals surface area (Å²) in [5, 5.41) is 14.7. The SMILES string of the molecule is CCNCCOc1cc(C)nc2ccc([N+](=O)[O-])cc12. The van der Waals surface area contributed by atoms with Gasteiger partial charge in [-0.3, -0.25) is 15.1 Å². The Hall–Kier alpha value is -2.21. The molecular formula is C14H17N3O3. The number of non-ortho nitro benzene ring substituents is 1. The van der Waals surface area contributed by atoms with Crippen LogP contribution in [0, 0.1) is 17.0 Å². The number of hydrogen-bond donors (Lipinski definition) is 1. The number of pyridine rings is 1. The van der Waals surface area contributed by atoms with Gasteiger partial charge in [-0.2, -0.15) is 0 Å². The van der Waals surface area contributed by atoms with E-state index in [4.69, 9.17) is 4.74 Å². The minimum Gasteiger partial charge on any atom is -0.491 e. The summed E-state index contributed by atoms with van der Waals surface area (Å²) in [6.45, 7) is 6.02. The standard InChI is InChI=1S/C14H17N3O3/c1-3-15-6-7-20-14-8-10(2)16-13-5-4-11(17(18)19)9-12(13)14/h4-5,8-9,15H,3,6-7H2,1-2H3. The van der Waals surface area contributed by atoms with Gasteiger partial charge in [-0.05, 0) is 19.5 Å². The van der Waals surface area contributed by atoms with Crippen molar-refractivity contribution in [3.05, 3.63) is 40.1 Å². The van der Waals surface area contributed by atoms with Gasteiger partial charge < -0.3 is 10.1 Å². The number of aryl methyl sites for hydroxylation is 1. The maximum atomic E-state index is 10.9. The van der Waals surface area contributed by atoms with Crippen molar-refractivity contribution in [1.29, 1.82) is 0 Å². The number of benzene rings is 1. The van der Waals surface area contributed by atoms with E-state index >= 15 is 0 Å². The minimum atomic E-state index is -0.415. The first-order valence-corrected chi connectivity index (χ1v) is 6.51. The second kappa shape index (κ2) is 6.29. The quantitative estimate of drug-likeness (QED) is 0.497. The highest BCUT2D eigenvalue weighted by Gasteiger charge is 2.11. The van der Waals surface area contributed by atoms with Gasteiger partial charge in [0.15, 0.2) is 0 Å². The molecule has 0 saturated carbocycles. The second-order valence-electron chi connectivity index (χ2n) is 4.42. The zero-order chi connectivity index (χ0) is 14.5. The van der Waals surface area contributed by atoms with Crippen LogP contribution in [0.3, 0.4) is 0 Å². The molecule has 0 radical (unpaired) electrons. The highest BCUT2D eigenvalue weighted by atomic mass is 16.6. The predicted molar refractivity (Wildman–Crippen MR) is 77.2 cm³/mol. The third kappa shape index (κ3) is 3.21. The molecule has 0 fully saturated rings. The van der Waals surface area contributed by atoms with E-state index in [1.165, 1.54) is 12.1 Å². The van der Waals surface area contributed by atoms with Crippen molar-refractivity contribution in [3.63, 3.8) is 0 Å². The summed E-state index contributed by atoms with van der Waals surface area (Å²) >= 11 is 0. The number of aromatic nitrogens is 1. The van der Waals surface area contributed by atoms with Gasteiger partial charge in [-0.15, -0.1) is 0 Å². The first-order valence-electron chi connectivity index (χ1n) is 6.51. The zero-order valence-electron chi connectivity index (χ0n) is 11.5. The summed E-state index contributed by atoms with van der Waals surface area (Å²) in [6, 6.07) is 6.41. The summed E-state index contributed by atoms with van der Waals surface area (Å²) in [6.07, 6.45) is 0. The largest absolute Gasteiger partial charge is 0.491 e. The average molecular weight is 275 g/mol. The van der Waals surface area contributed by atoms with Crippen LogP contribution >= 0.6 is 0 Å². The predicted octanol–water partition coefficient (Wildman–Crippen LogP) is 2.44. The first-order chi connectivity index (χ1) is 9.61. The average Bonchev–Trinajstić information content (AvgIpc) is 2.42. The molecule has 0 atom stereocenters. The molecule has 0 aliphatic heterocycles. The van der Waals surface area contributed by atoms with E-state index in [-0.39, 0.29) is 5.69 Å². The fourth-order valence-corrected chi connectivity index (χ4v) is 1.95. The fraction of sp³-hybridized carbons (Fsp3) is 0.357. The molecule has 2 aromatic rings. The molecule has 1 N–H and O–H groups in total. The van der Waals surface area contributed by atoms with Gasteiger partial charge in [0.05, 0.1) is 10.4 Å². The number of nitro benzene ring substituents is 1. The van der Waals surface area contributed by atoms with Crippen LogP contribution in [0.1, 0.15) is 12.6 Å². The molecule has 1 heterocycles. The molecule has 0 unspecified atom stereocenters. The smallest absolute Gasteiger partial charge is 0.270 e. The third-order valence-electron chi connectivity index (χ3n) is 2.88. The normalized spacial score (nSPS) is 10.7. The molecule has 0 aliphatic carbocycles. The van der Waals surface area contributed by atoms with Crippen LogP contribution in [0.5, 0.6) is 5.75 Å². The molecule has 6 nitrogen and oxygen atoms in total. The highest BCUT2D eigenvalue weighted by molar-refractivity contribution is 5.87. The summed E-state index contributed by atoms with van der Waals surface area (Å²) in [7, 11) is 0. The van der Waals surface area contributed by atoms with Crippen LogP contribution in [0.25, 0.3) is 10.9 Å². The molecule has 1 aromatic carbocycles. The van der Waals surface area contributed by atoms with Crippen LogP contribution in [0.2, 0.25) is 0 Å². The van der Waals surface area contributed by atoms with E-state index in [2.05, 4.69) is 10.3 Å². The van der Waals surface area contributed by atoms with Gasteiger partial charge in [0.25, 0.3) is 5.69 Å². The number of nitrogens with one attached hydrogen (secondary N) is 1. The molecule has 0 aliphatic rings. The number of hydrogen-bond acceptors (Lipinski definition) is 5. The topological polar surface area (TPSA) is 77.3 Å². The Kier molecular flexibility index (Phi) is 4.47. The van der Waals surface area contributed by atoms with E-state index in [0.29, 0.717) is 23.3 Å². The minimum absolute atomic E-state index is 0.0414. The van der Waals surface area contributed by atoms with E-state index in [0.717, 1.165) is 18.8 Å². The van der Waals surface area contributed by atoms with Crippen LogP contribution < -0.4 is 10.1 Å². The lowest BCUT2D eigenvalue weighted by Crippen LogP contribution is -2.20. The van der Waals surface area contributed by atoms with Gasteiger partial charge >= 0.3 is 0 Å². The number of ether oxygens (including phenoxy) is 1. The number of nitrogens with zero attached hydrogens (tertiary/aromatic N) is 2. The van der Waals surface area contributed by atoms with E-state index in [9.17, 15) is 10.1 Å². The van der Waals surface area contributed by atoms with E-state index in [1.807, 2.05) is 13.8 Å². The van der Waals surface area contributed by atoms with Gasteiger partial charge in [-0.1, -0.05) is 6.92 Å². The Morgan fingerprint density at radius 3 is 2.90 bits per heavy atom. The van der Waals surface area contributed by atoms with Crippen LogP contribution in [-0.4, -0.2) is 29.6 Å². The summed E-state index contributed by atoms with van der Waals surface area (Å²) in [4.78, 5) is 14.8. The van der Waals surface area contributed by atoms with Crippen molar-refractivity contribution in [2.24, 2.45) is 0 Å². The molecule has 2 rings (SSSR count). The van der Waals surface area contributed by atoms with Crippen molar-refractivity contribution < 1.29 is 9.66 Å². The third-order valence-corrected chi connectivity index (χ3v) is 2.88. The second-order valence-corrected chi connectivity index (χ2v) is 4.42. The molecule has 0 amide bonds. The Balaban J connectivity index is 2.34. The van der Waals surface area contributed by atoms with Gasteiger partial charge in [0.1, 0.15) is 12.4 Å². The maximum absolute atomic E-state index is 10.9. The summed E-state index contributed by atoms with van der Waals surface area (Å²) in [5.74, 6) is 0.633. The molecule has 106 valence electrons.